The van der Waals surface area contributed by atoms with Crippen molar-refractivity contribution in [2.75, 3.05) is 38.2 Å². The Morgan fingerprint density at radius 2 is 1.72 bits per heavy atom. The second-order valence-corrected chi connectivity index (χ2v) is 10.3. The van der Waals surface area contributed by atoms with Gasteiger partial charge in [0.2, 0.25) is 5.91 Å². The molecule has 0 unspecified atom stereocenters. The van der Waals surface area contributed by atoms with E-state index in [9.17, 15) is 13.2 Å². The molecule has 0 bridgehead atoms. The molecule has 1 heterocycles. The number of carbonyl (C=O) groups is 1. The Kier molecular flexibility index (Phi) is 7.56. The number of ether oxygens (including phenoxy) is 2. The minimum atomic E-state index is -4.14. The minimum absolute atomic E-state index is 0.00740. The Labute approximate surface area is 194 Å². The minimum Gasteiger partial charge on any atom is -0.495 e. The molecular formula is C23H29ClN2O5S. The topological polar surface area (TPSA) is 76.2 Å². The molecule has 174 valence electrons. The summed E-state index contributed by atoms with van der Waals surface area (Å²) in [6.45, 7) is 4.85. The van der Waals surface area contributed by atoms with E-state index in [0.29, 0.717) is 24.8 Å². The molecule has 1 saturated heterocycles. The van der Waals surface area contributed by atoms with Crippen molar-refractivity contribution in [2.24, 2.45) is 5.92 Å². The lowest BCUT2D eigenvalue weighted by atomic mass is 9.99. The molecule has 0 radical (unpaired) electrons. The molecule has 0 aromatic heterocycles. The lowest BCUT2D eigenvalue weighted by molar-refractivity contribution is -0.130. The number of carbonyl (C=O) groups excluding carboxylic acids is 1. The maximum absolute atomic E-state index is 13.8. The maximum atomic E-state index is 13.8. The lowest BCUT2D eigenvalue weighted by Crippen LogP contribution is -2.45. The highest BCUT2D eigenvalue weighted by atomic mass is 35.5. The van der Waals surface area contributed by atoms with Crippen LogP contribution in [0, 0.1) is 12.8 Å². The van der Waals surface area contributed by atoms with Gasteiger partial charge in [-0.15, -0.1) is 0 Å². The number of piperidine rings is 1. The SMILES string of the molecule is COc1ccc(N(CC(=O)N2CCC(C)CC2)S(=O)(=O)c2cc(C)ccc2OC)cc1Cl. The molecule has 9 heteroatoms. The molecule has 1 aliphatic rings. The number of anilines is 1. The first-order valence-corrected chi connectivity index (χ1v) is 12.3. The Morgan fingerprint density at radius 1 is 1.09 bits per heavy atom. The van der Waals surface area contributed by atoms with E-state index in [0.717, 1.165) is 22.7 Å². The molecule has 1 aliphatic heterocycles. The van der Waals surface area contributed by atoms with E-state index in [2.05, 4.69) is 6.92 Å². The van der Waals surface area contributed by atoms with Gasteiger partial charge < -0.3 is 14.4 Å². The zero-order valence-corrected chi connectivity index (χ0v) is 20.4. The van der Waals surface area contributed by atoms with Crippen LogP contribution in [0.3, 0.4) is 0 Å². The third kappa shape index (κ3) is 5.13. The van der Waals surface area contributed by atoms with Crippen LogP contribution in [0.15, 0.2) is 41.3 Å². The predicted molar refractivity (Wildman–Crippen MR) is 125 cm³/mol. The Balaban J connectivity index is 2.05. The van der Waals surface area contributed by atoms with Crippen LogP contribution in [0.5, 0.6) is 11.5 Å². The normalized spacial score (nSPS) is 14.8. The molecule has 0 N–H and O–H groups in total. The van der Waals surface area contributed by atoms with Crippen molar-refractivity contribution in [2.45, 2.75) is 31.6 Å². The summed E-state index contributed by atoms with van der Waals surface area (Å²) in [5.41, 5.74) is 1.03. The van der Waals surface area contributed by atoms with Crippen molar-refractivity contribution in [1.29, 1.82) is 0 Å². The highest BCUT2D eigenvalue weighted by molar-refractivity contribution is 7.93. The van der Waals surface area contributed by atoms with Crippen LogP contribution in [-0.2, 0) is 14.8 Å². The van der Waals surface area contributed by atoms with Crippen molar-refractivity contribution >= 4 is 33.2 Å². The fraction of sp³-hybridized carbons (Fsp3) is 0.435. The molecule has 0 saturated carbocycles. The van der Waals surface area contributed by atoms with Gasteiger partial charge in [0.15, 0.2) is 0 Å². The van der Waals surface area contributed by atoms with Crippen LogP contribution in [0.4, 0.5) is 5.69 Å². The Morgan fingerprint density at radius 3 is 2.31 bits per heavy atom. The first-order valence-electron chi connectivity index (χ1n) is 10.5. The van der Waals surface area contributed by atoms with Crippen LogP contribution in [0.25, 0.3) is 0 Å². The highest BCUT2D eigenvalue weighted by Gasteiger charge is 2.32. The van der Waals surface area contributed by atoms with Crippen molar-refractivity contribution in [3.05, 3.63) is 47.0 Å². The number of sulfonamides is 1. The van der Waals surface area contributed by atoms with Gasteiger partial charge in [0.25, 0.3) is 10.0 Å². The highest BCUT2D eigenvalue weighted by Crippen LogP contribution is 2.34. The quantitative estimate of drug-likeness (QED) is 0.595. The molecule has 0 aliphatic carbocycles. The number of hydrogen-bond donors (Lipinski definition) is 0. The zero-order valence-electron chi connectivity index (χ0n) is 18.8. The summed E-state index contributed by atoms with van der Waals surface area (Å²) in [5.74, 6) is 0.923. The van der Waals surface area contributed by atoms with Crippen LogP contribution in [0.2, 0.25) is 5.02 Å². The van der Waals surface area contributed by atoms with E-state index in [1.807, 2.05) is 0 Å². The molecule has 0 atom stereocenters. The Hall–Kier alpha value is -2.45. The number of likely N-dealkylation sites (tertiary alicyclic amines) is 1. The fourth-order valence-electron chi connectivity index (χ4n) is 3.71. The third-order valence-corrected chi connectivity index (χ3v) is 7.82. The number of aryl methyl sites for hydroxylation is 1. The summed E-state index contributed by atoms with van der Waals surface area (Å²) in [6, 6.07) is 9.57. The first kappa shape index (κ1) is 24.2. The maximum Gasteiger partial charge on any atom is 0.268 e. The average molecular weight is 481 g/mol. The molecule has 0 spiro atoms. The van der Waals surface area contributed by atoms with E-state index in [4.69, 9.17) is 21.1 Å². The summed E-state index contributed by atoms with van der Waals surface area (Å²) >= 11 is 6.29. The summed E-state index contributed by atoms with van der Waals surface area (Å²) in [4.78, 5) is 14.8. The molecule has 3 rings (SSSR count). The first-order chi connectivity index (χ1) is 15.2. The van der Waals surface area contributed by atoms with E-state index >= 15 is 0 Å². The van der Waals surface area contributed by atoms with Gasteiger partial charge in [-0.05, 0) is 61.6 Å². The second-order valence-electron chi connectivity index (χ2n) is 8.05. The van der Waals surface area contributed by atoms with Crippen molar-refractivity contribution < 1.29 is 22.7 Å². The second kappa shape index (κ2) is 10.0. The Bertz CT molecular complexity index is 1080. The van der Waals surface area contributed by atoms with Gasteiger partial charge in [0, 0.05) is 13.1 Å². The predicted octanol–water partition coefficient (Wildman–Crippen LogP) is 4.12. The molecule has 1 fully saturated rings. The number of hydrogen-bond acceptors (Lipinski definition) is 5. The third-order valence-electron chi connectivity index (χ3n) is 5.73. The molecule has 2 aromatic rings. The lowest BCUT2D eigenvalue weighted by Gasteiger charge is -2.33. The monoisotopic (exact) mass is 480 g/mol. The number of benzene rings is 2. The number of nitrogens with zero attached hydrogens (tertiary/aromatic N) is 2. The summed E-state index contributed by atoms with van der Waals surface area (Å²) in [7, 11) is -1.24. The van der Waals surface area contributed by atoms with E-state index in [1.165, 1.54) is 20.3 Å². The standard InChI is InChI=1S/C23H29ClN2O5S/c1-16-9-11-25(12-10-16)23(27)15-26(18-6-8-20(30-3)19(24)14-18)32(28,29)22-13-17(2)5-7-21(22)31-4/h5-8,13-14,16H,9-12,15H2,1-4H3. The molecule has 7 nitrogen and oxygen atoms in total. The van der Waals surface area contributed by atoms with Crippen LogP contribution in [-0.4, -0.2) is 53.1 Å². The van der Waals surface area contributed by atoms with E-state index in [1.54, 1.807) is 42.2 Å². The number of halogens is 1. The van der Waals surface area contributed by atoms with Gasteiger partial charge in [-0.3, -0.25) is 9.10 Å². The summed E-state index contributed by atoms with van der Waals surface area (Å²) in [6.07, 6.45) is 1.80. The van der Waals surface area contributed by atoms with Crippen LogP contribution in [0.1, 0.15) is 25.3 Å². The van der Waals surface area contributed by atoms with Gasteiger partial charge in [-0.2, -0.15) is 0 Å². The zero-order chi connectivity index (χ0) is 23.5. The van der Waals surface area contributed by atoms with Crippen LogP contribution >= 0.6 is 11.6 Å². The fourth-order valence-corrected chi connectivity index (χ4v) is 5.61. The number of methoxy groups -OCH3 is 2. The van der Waals surface area contributed by atoms with Crippen molar-refractivity contribution in [3.63, 3.8) is 0 Å². The van der Waals surface area contributed by atoms with Crippen molar-refractivity contribution in [3.8, 4) is 11.5 Å². The largest absolute Gasteiger partial charge is 0.495 e. The molecule has 1 amide bonds. The summed E-state index contributed by atoms with van der Waals surface area (Å²) in [5, 5.41) is 0.251. The van der Waals surface area contributed by atoms with E-state index < -0.39 is 10.0 Å². The number of rotatable bonds is 7. The van der Waals surface area contributed by atoms with Gasteiger partial charge >= 0.3 is 0 Å². The van der Waals surface area contributed by atoms with Gasteiger partial charge in [0.1, 0.15) is 22.9 Å². The van der Waals surface area contributed by atoms with Crippen LogP contribution < -0.4 is 13.8 Å². The van der Waals surface area contributed by atoms with Gasteiger partial charge in [-0.25, -0.2) is 8.42 Å². The summed E-state index contributed by atoms with van der Waals surface area (Å²) < 4.78 is 39.2. The van der Waals surface area contributed by atoms with Gasteiger partial charge in [0.05, 0.1) is 24.9 Å². The van der Waals surface area contributed by atoms with Crippen molar-refractivity contribution in [1.82, 2.24) is 4.90 Å². The number of amides is 1. The van der Waals surface area contributed by atoms with E-state index in [-0.39, 0.29) is 33.8 Å². The molecule has 32 heavy (non-hydrogen) atoms. The van der Waals surface area contributed by atoms with Gasteiger partial charge in [-0.1, -0.05) is 24.6 Å². The molecule has 2 aromatic carbocycles. The molecular weight excluding hydrogens is 452 g/mol. The smallest absolute Gasteiger partial charge is 0.268 e. The average Bonchev–Trinajstić information content (AvgIpc) is 2.77.